The molecule has 0 fully saturated rings. The summed E-state index contributed by atoms with van der Waals surface area (Å²) in [7, 11) is 2.31. The van der Waals surface area contributed by atoms with Gasteiger partial charge in [-0.2, -0.15) is 0 Å². The first kappa shape index (κ1) is 22.3. The minimum absolute atomic E-state index is 1.09. The molecule has 1 N–H and O–H groups in total. The molecular formula is C35H24BN2. The zero-order valence-corrected chi connectivity index (χ0v) is 20.8. The molecule has 0 atom stereocenters. The van der Waals surface area contributed by atoms with E-state index in [-0.39, 0.29) is 0 Å². The van der Waals surface area contributed by atoms with Crippen LogP contribution >= 0.6 is 0 Å². The number of rotatable bonds is 2. The largest absolute Gasteiger partial charge is 0.355 e. The molecule has 0 saturated heterocycles. The molecule has 7 rings (SSSR count). The van der Waals surface area contributed by atoms with Gasteiger partial charge < -0.3 is 5.32 Å². The van der Waals surface area contributed by atoms with Crippen LogP contribution in [0.15, 0.2) is 140 Å². The van der Waals surface area contributed by atoms with Gasteiger partial charge in [0.15, 0.2) is 7.28 Å². The number of benzene rings is 5. The highest BCUT2D eigenvalue weighted by atomic mass is 14.9. The lowest BCUT2D eigenvalue weighted by Crippen LogP contribution is -2.30. The van der Waals surface area contributed by atoms with Crippen LogP contribution in [-0.4, -0.2) is 12.3 Å². The van der Waals surface area contributed by atoms with Gasteiger partial charge in [-0.15, -0.1) is 0 Å². The zero-order valence-electron chi connectivity index (χ0n) is 20.8. The summed E-state index contributed by atoms with van der Waals surface area (Å²) in [6.07, 6.45) is 3.67. The Morgan fingerprint density at radius 3 is 1.63 bits per heavy atom. The van der Waals surface area contributed by atoms with Gasteiger partial charge >= 0.3 is 0 Å². The van der Waals surface area contributed by atoms with Gasteiger partial charge in [-0.3, -0.25) is 4.98 Å². The first-order valence-electron chi connectivity index (χ1n) is 12.9. The van der Waals surface area contributed by atoms with Crippen molar-refractivity contribution in [3.63, 3.8) is 0 Å². The maximum absolute atomic E-state index is 4.14. The summed E-state index contributed by atoms with van der Waals surface area (Å²) in [4.78, 5) is 4.14. The van der Waals surface area contributed by atoms with Crippen LogP contribution in [-0.2, 0) is 0 Å². The molecule has 1 aliphatic heterocycles. The van der Waals surface area contributed by atoms with E-state index < -0.39 is 0 Å². The molecule has 6 aromatic rings. The highest BCUT2D eigenvalue weighted by molar-refractivity contribution is 6.70. The number of pyridine rings is 1. The summed E-state index contributed by atoms with van der Waals surface area (Å²) < 4.78 is 0. The van der Waals surface area contributed by atoms with Gasteiger partial charge in [0, 0.05) is 34.9 Å². The Morgan fingerprint density at radius 1 is 0.421 bits per heavy atom. The van der Waals surface area contributed by atoms with Gasteiger partial charge in [0.1, 0.15) is 0 Å². The maximum atomic E-state index is 4.14. The average Bonchev–Trinajstić information content (AvgIpc) is 2.99. The van der Waals surface area contributed by atoms with Crippen molar-refractivity contribution in [1.29, 1.82) is 0 Å². The molecule has 1 radical (unpaired) electrons. The Kier molecular flexibility index (Phi) is 5.60. The number of anilines is 2. The lowest BCUT2D eigenvalue weighted by Gasteiger charge is -2.22. The molecule has 2 nitrogen and oxygen atoms in total. The summed E-state index contributed by atoms with van der Waals surface area (Å²) in [6, 6.07) is 45.5. The van der Waals surface area contributed by atoms with Crippen LogP contribution in [0.1, 0.15) is 0 Å². The fraction of sp³-hybridized carbons (Fsp3) is 0. The molecule has 0 saturated carbocycles. The normalized spacial score (nSPS) is 11.6. The molecule has 5 aromatic carbocycles. The molecule has 0 amide bonds. The van der Waals surface area contributed by atoms with Crippen LogP contribution in [0.3, 0.4) is 0 Å². The van der Waals surface area contributed by atoms with Crippen LogP contribution in [0, 0.1) is 0 Å². The molecule has 0 spiro atoms. The average molecular weight is 483 g/mol. The van der Waals surface area contributed by atoms with E-state index in [1.165, 1.54) is 55.4 Å². The minimum atomic E-state index is 1.09. The van der Waals surface area contributed by atoms with Crippen LogP contribution in [0.4, 0.5) is 11.4 Å². The highest BCUT2D eigenvalue weighted by Crippen LogP contribution is 2.37. The van der Waals surface area contributed by atoms with Gasteiger partial charge in [-0.1, -0.05) is 108 Å². The van der Waals surface area contributed by atoms with E-state index >= 15 is 0 Å². The first-order chi connectivity index (χ1) is 18.8. The molecule has 0 bridgehead atoms. The van der Waals surface area contributed by atoms with Gasteiger partial charge in [0.2, 0.25) is 0 Å². The second-order valence-electron chi connectivity index (χ2n) is 9.56. The first-order valence-corrected chi connectivity index (χ1v) is 12.9. The Hall–Kier alpha value is -4.89. The van der Waals surface area contributed by atoms with Gasteiger partial charge in [0.05, 0.1) is 0 Å². The summed E-state index contributed by atoms with van der Waals surface area (Å²) >= 11 is 0. The number of nitrogens with one attached hydrogen (secondary N) is 1. The SMILES string of the molecule is [B]1c2ccccc2-c2ccccc2Nc2ccc(-c3ccc(-c4ccncc4)cc3)cc2-c2ccccc21. The Bertz CT molecular complexity index is 1760. The third-order valence-corrected chi connectivity index (χ3v) is 7.26. The van der Waals surface area contributed by atoms with Gasteiger partial charge in [-0.05, 0) is 63.7 Å². The maximum Gasteiger partial charge on any atom is 0.193 e. The van der Waals surface area contributed by atoms with Crippen molar-refractivity contribution in [2.75, 3.05) is 5.32 Å². The predicted octanol–water partition coefficient (Wildman–Crippen LogP) is 7.46. The van der Waals surface area contributed by atoms with E-state index in [1.54, 1.807) is 0 Å². The van der Waals surface area contributed by atoms with Crippen molar-refractivity contribution in [3.05, 3.63) is 140 Å². The third kappa shape index (κ3) is 4.08. The van der Waals surface area contributed by atoms with Crippen LogP contribution in [0.25, 0.3) is 44.5 Å². The number of aromatic nitrogens is 1. The fourth-order valence-corrected chi connectivity index (χ4v) is 5.33. The topological polar surface area (TPSA) is 24.9 Å². The van der Waals surface area contributed by atoms with Crippen molar-refractivity contribution in [2.45, 2.75) is 0 Å². The van der Waals surface area contributed by atoms with Crippen LogP contribution < -0.4 is 16.2 Å². The minimum Gasteiger partial charge on any atom is -0.355 e. The predicted molar refractivity (Wildman–Crippen MR) is 161 cm³/mol. The summed E-state index contributed by atoms with van der Waals surface area (Å²) in [6.45, 7) is 0. The number of para-hydroxylation sites is 1. The summed E-state index contributed by atoms with van der Waals surface area (Å²) in [5.41, 5.74) is 14.1. The van der Waals surface area contributed by atoms with Crippen LogP contribution in [0.2, 0.25) is 0 Å². The third-order valence-electron chi connectivity index (χ3n) is 7.26. The Balaban J connectivity index is 1.38. The van der Waals surface area contributed by atoms with Gasteiger partial charge in [0.25, 0.3) is 0 Å². The molecule has 38 heavy (non-hydrogen) atoms. The Labute approximate surface area is 223 Å². The monoisotopic (exact) mass is 483 g/mol. The number of fused-ring (bicyclic) bond motifs is 6. The molecular weight excluding hydrogens is 459 g/mol. The molecule has 3 heteroatoms. The number of hydrogen-bond donors (Lipinski definition) is 1. The quantitative estimate of drug-likeness (QED) is 0.258. The standard InChI is InChI=1S/C35H24BN2/c1-4-10-32-28(7-1)30-9-3-6-12-34(30)38-35-18-17-27(23-31(35)29-8-2-5-11-33(29)36-32)25-15-13-24(14-16-25)26-19-21-37-22-20-26/h1-23,38H. The number of hydrogen-bond acceptors (Lipinski definition) is 2. The highest BCUT2D eigenvalue weighted by Gasteiger charge is 2.18. The van der Waals surface area contributed by atoms with Gasteiger partial charge in [-0.25, -0.2) is 0 Å². The van der Waals surface area contributed by atoms with Crippen molar-refractivity contribution >= 4 is 29.6 Å². The number of nitrogens with zero attached hydrogens (tertiary/aromatic N) is 1. The molecule has 177 valence electrons. The summed E-state index contributed by atoms with van der Waals surface area (Å²) in [5.74, 6) is 0. The van der Waals surface area contributed by atoms with E-state index in [0.717, 1.165) is 11.4 Å². The smallest absolute Gasteiger partial charge is 0.193 e. The van der Waals surface area contributed by atoms with E-state index in [9.17, 15) is 0 Å². The second-order valence-corrected chi connectivity index (χ2v) is 9.56. The lowest BCUT2D eigenvalue weighted by atomic mass is 9.59. The van der Waals surface area contributed by atoms with E-state index in [2.05, 4.69) is 133 Å². The van der Waals surface area contributed by atoms with Crippen molar-refractivity contribution in [2.24, 2.45) is 0 Å². The van der Waals surface area contributed by atoms with E-state index in [1.807, 2.05) is 24.5 Å². The van der Waals surface area contributed by atoms with Crippen molar-refractivity contribution in [1.82, 2.24) is 4.98 Å². The molecule has 2 heterocycles. The molecule has 1 aliphatic rings. The fourth-order valence-electron chi connectivity index (χ4n) is 5.33. The lowest BCUT2D eigenvalue weighted by molar-refractivity contribution is 1.33. The van der Waals surface area contributed by atoms with Crippen molar-refractivity contribution in [3.8, 4) is 44.5 Å². The molecule has 1 aromatic heterocycles. The zero-order chi connectivity index (χ0) is 25.3. The van der Waals surface area contributed by atoms with E-state index in [4.69, 9.17) is 0 Å². The Morgan fingerprint density at radius 2 is 0.921 bits per heavy atom. The van der Waals surface area contributed by atoms with Crippen molar-refractivity contribution < 1.29 is 0 Å². The molecule has 0 unspecified atom stereocenters. The summed E-state index contributed by atoms with van der Waals surface area (Å²) in [5, 5.41) is 3.78. The van der Waals surface area contributed by atoms with Crippen LogP contribution in [0.5, 0.6) is 0 Å². The van der Waals surface area contributed by atoms with E-state index in [0.29, 0.717) is 0 Å². The molecule has 0 aliphatic carbocycles. The second kappa shape index (κ2) is 9.53.